The van der Waals surface area contributed by atoms with E-state index in [-0.39, 0.29) is 17.7 Å². The Labute approximate surface area is 179 Å². The number of fused-ring (bicyclic) bond motifs is 2. The van der Waals surface area contributed by atoms with Crippen molar-refractivity contribution in [1.82, 2.24) is 14.7 Å². The topological polar surface area (TPSA) is 81.2 Å². The lowest BCUT2D eigenvalue weighted by Crippen LogP contribution is -2.31. The van der Waals surface area contributed by atoms with Crippen LogP contribution >= 0.6 is 11.3 Å². The number of amides is 2. The number of primary amides is 1. The molecule has 2 N–H and O–H groups in total. The lowest BCUT2D eigenvalue weighted by molar-refractivity contribution is 0.0777. The Balaban J connectivity index is 1.47. The van der Waals surface area contributed by atoms with Crippen LogP contribution in [0.4, 0.5) is 0 Å². The van der Waals surface area contributed by atoms with Crippen LogP contribution < -0.4 is 5.73 Å². The van der Waals surface area contributed by atoms with Crippen molar-refractivity contribution < 1.29 is 9.59 Å². The lowest BCUT2D eigenvalue weighted by Gasteiger charge is -2.19. The van der Waals surface area contributed by atoms with Crippen LogP contribution in [0.15, 0.2) is 24.3 Å². The maximum Gasteiger partial charge on any atom is 0.272 e. The largest absolute Gasteiger partial charge is 0.365 e. The van der Waals surface area contributed by atoms with E-state index < -0.39 is 0 Å². The molecule has 5 rings (SSSR count). The summed E-state index contributed by atoms with van der Waals surface area (Å²) in [6.07, 6.45) is 5.01. The number of nitrogens with zero attached hydrogens (tertiary/aromatic N) is 3. The third-order valence-corrected chi connectivity index (χ3v) is 7.67. The molecule has 1 aromatic carbocycles. The summed E-state index contributed by atoms with van der Waals surface area (Å²) in [5.41, 5.74) is 9.75. The van der Waals surface area contributed by atoms with Crippen LogP contribution in [0.1, 0.15) is 69.1 Å². The summed E-state index contributed by atoms with van der Waals surface area (Å²) >= 11 is 1.46. The molecule has 30 heavy (non-hydrogen) atoms. The molecule has 2 aliphatic rings. The molecule has 7 heteroatoms. The minimum absolute atomic E-state index is 0.0789. The molecule has 0 radical (unpaired) electrons. The number of carbonyl (C=O) groups is 2. The number of aryl methyl sites for hydroxylation is 2. The van der Waals surface area contributed by atoms with Gasteiger partial charge in [-0.15, -0.1) is 11.3 Å². The average Bonchev–Trinajstić information content (AvgIpc) is 3.47. The molecule has 0 unspecified atom stereocenters. The second-order valence-electron chi connectivity index (χ2n) is 8.24. The SMILES string of the molecule is CCn1nc2c(c1C(=O)N1CC[C@H](c3c(C(N)=O)sc4ccccc34)C1)CCCC2. The van der Waals surface area contributed by atoms with Crippen molar-refractivity contribution in [2.24, 2.45) is 5.73 Å². The zero-order chi connectivity index (χ0) is 20.8. The summed E-state index contributed by atoms with van der Waals surface area (Å²) in [6, 6.07) is 8.06. The van der Waals surface area contributed by atoms with Gasteiger partial charge in [-0.05, 0) is 56.0 Å². The summed E-state index contributed by atoms with van der Waals surface area (Å²) in [6.45, 7) is 4.05. The number of rotatable bonds is 4. The second-order valence-corrected chi connectivity index (χ2v) is 9.29. The van der Waals surface area contributed by atoms with E-state index in [0.29, 0.717) is 24.5 Å². The number of aromatic nitrogens is 2. The van der Waals surface area contributed by atoms with E-state index in [9.17, 15) is 9.59 Å². The molecule has 2 aromatic heterocycles. The van der Waals surface area contributed by atoms with Gasteiger partial charge in [-0.2, -0.15) is 5.10 Å². The summed E-state index contributed by atoms with van der Waals surface area (Å²) in [7, 11) is 0. The summed E-state index contributed by atoms with van der Waals surface area (Å²) in [4.78, 5) is 28.2. The molecule has 3 heterocycles. The highest BCUT2D eigenvalue weighted by Gasteiger charge is 2.35. The van der Waals surface area contributed by atoms with Crippen LogP contribution in [0.3, 0.4) is 0 Å². The Morgan fingerprint density at radius 3 is 2.83 bits per heavy atom. The van der Waals surface area contributed by atoms with Crippen molar-refractivity contribution in [1.29, 1.82) is 0 Å². The molecule has 6 nitrogen and oxygen atoms in total. The van der Waals surface area contributed by atoms with Crippen LogP contribution in [-0.2, 0) is 19.4 Å². The zero-order valence-electron chi connectivity index (χ0n) is 17.2. The summed E-state index contributed by atoms with van der Waals surface area (Å²) in [5.74, 6) is -0.175. The van der Waals surface area contributed by atoms with Crippen LogP contribution in [-0.4, -0.2) is 39.6 Å². The first-order valence-electron chi connectivity index (χ1n) is 10.8. The molecule has 1 aliphatic carbocycles. The average molecular weight is 423 g/mol. The number of thiophene rings is 1. The van der Waals surface area contributed by atoms with Gasteiger partial charge in [-0.3, -0.25) is 14.3 Å². The number of likely N-dealkylation sites (tertiary alicyclic amines) is 1. The number of benzene rings is 1. The standard InChI is InChI=1S/C23H26N4O2S/c1-2-27-20(15-7-3-5-9-17(15)25-27)23(29)26-12-11-14(13-26)19-16-8-4-6-10-18(16)30-21(19)22(24)28/h4,6,8,10,14H,2-3,5,7,9,11-13H2,1H3,(H2,24,28)/t14-/m0/s1. The molecule has 156 valence electrons. The molecule has 3 aromatic rings. The minimum atomic E-state index is -0.380. The summed E-state index contributed by atoms with van der Waals surface area (Å²) < 4.78 is 2.96. The van der Waals surface area contributed by atoms with Gasteiger partial charge in [-0.1, -0.05) is 18.2 Å². The first-order valence-corrected chi connectivity index (χ1v) is 11.6. The van der Waals surface area contributed by atoms with Gasteiger partial charge < -0.3 is 10.6 Å². The fraction of sp³-hybridized carbons (Fsp3) is 0.435. The van der Waals surface area contributed by atoms with Crippen molar-refractivity contribution >= 4 is 33.2 Å². The molecule has 1 atom stereocenters. The number of nitrogens with two attached hydrogens (primary N) is 1. The maximum atomic E-state index is 13.5. The van der Waals surface area contributed by atoms with Crippen LogP contribution in [0.5, 0.6) is 0 Å². The first-order chi connectivity index (χ1) is 14.6. The molecule has 0 spiro atoms. The highest BCUT2D eigenvalue weighted by atomic mass is 32.1. The molecule has 0 bridgehead atoms. The van der Waals surface area contributed by atoms with E-state index in [0.717, 1.165) is 64.7 Å². The van der Waals surface area contributed by atoms with E-state index in [2.05, 4.69) is 6.07 Å². The Morgan fingerprint density at radius 2 is 2.03 bits per heavy atom. The quantitative estimate of drug-likeness (QED) is 0.696. The lowest BCUT2D eigenvalue weighted by atomic mass is 9.94. The van der Waals surface area contributed by atoms with Gasteiger partial charge in [0, 0.05) is 35.8 Å². The first kappa shape index (κ1) is 19.3. The Bertz CT molecular complexity index is 1150. The molecule has 1 fully saturated rings. The third kappa shape index (κ3) is 3.03. The van der Waals surface area contributed by atoms with Crippen molar-refractivity contribution in [2.45, 2.75) is 51.5 Å². The molecule has 2 amide bonds. The van der Waals surface area contributed by atoms with E-state index >= 15 is 0 Å². The van der Waals surface area contributed by atoms with Crippen molar-refractivity contribution in [2.75, 3.05) is 13.1 Å². The van der Waals surface area contributed by atoms with E-state index in [1.54, 1.807) is 0 Å². The molecule has 1 saturated heterocycles. The van der Waals surface area contributed by atoms with Crippen molar-refractivity contribution in [3.8, 4) is 0 Å². The fourth-order valence-corrected chi connectivity index (χ4v) is 6.20. The minimum Gasteiger partial charge on any atom is -0.365 e. The molecule has 0 saturated carbocycles. The Morgan fingerprint density at radius 1 is 1.23 bits per heavy atom. The third-order valence-electron chi connectivity index (χ3n) is 6.47. The van der Waals surface area contributed by atoms with E-state index in [4.69, 9.17) is 10.8 Å². The Hall–Kier alpha value is -2.67. The van der Waals surface area contributed by atoms with Gasteiger partial charge >= 0.3 is 0 Å². The second kappa shape index (κ2) is 7.54. The fourth-order valence-electron chi connectivity index (χ4n) is 5.06. The molecular formula is C23H26N4O2S. The van der Waals surface area contributed by atoms with Gasteiger partial charge in [-0.25, -0.2) is 0 Å². The van der Waals surface area contributed by atoms with E-state index in [1.165, 1.54) is 11.3 Å². The zero-order valence-corrected chi connectivity index (χ0v) is 18.0. The van der Waals surface area contributed by atoms with Gasteiger partial charge in [0.1, 0.15) is 5.69 Å². The molecular weight excluding hydrogens is 396 g/mol. The van der Waals surface area contributed by atoms with Crippen molar-refractivity contribution in [3.05, 3.63) is 51.7 Å². The van der Waals surface area contributed by atoms with Crippen molar-refractivity contribution in [3.63, 3.8) is 0 Å². The van der Waals surface area contributed by atoms with Gasteiger partial charge in [0.2, 0.25) is 0 Å². The Kier molecular flexibility index (Phi) is 4.85. The monoisotopic (exact) mass is 422 g/mol. The predicted octanol–water partition coefficient (Wildman–Crippen LogP) is 3.73. The van der Waals surface area contributed by atoms with Gasteiger partial charge in [0.05, 0.1) is 10.6 Å². The van der Waals surface area contributed by atoms with Crippen LogP contribution in [0.25, 0.3) is 10.1 Å². The normalized spacial score (nSPS) is 18.7. The maximum absolute atomic E-state index is 13.5. The van der Waals surface area contributed by atoms with Crippen LogP contribution in [0, 0.1) is 0 Å². The number of carbonyl (C=O) groups excluding carboxylic acids is 2. The summed E-state index contributed by atoms with van der Waals surface area (Å²) in [5, 5.41) is 5.81. The van der Waals surface area contributed by atoms with Gasteiger partial charge in [0.15, 0.2) is 0 Å². The highest BCUT2D eigenvalue weighted by molar-refractivity contribution is 7.21. The molecule has 1 aliphatic heterocycles. The number of hydrogen-bond donors (Lipinski definition) is 1. The van der Waals surface area contributed by atoms with Gasteiger partial charge in [0.25, 0.3) is 11.8 Å². The number of hydrogen-bond acceptors (Lipinski definition) is 4. The van der Waals surface area contributed by atoms with Crippen LogP contribution in [0.2, 0.25) is 0 Å². The van der Waals surface area contributed by atoms with E-state index in [1.807, 2.05) is 34.7 Å². The highest BCUT2D eigenvalue weighted by Crippen LogP contribution is 2.40. The predicted molar refractivity (Wildman–Crippen MR) is 118 cm³/mol. The smallest absolute Gasteiger partial charge is 0.272 e.